The second-order valence-electron chi connectivity index (χ2n) is 4.27. The monoisotopic (exact) mass is 276 g/mol. The van der Waals surface area contributed by atoms with Crippen LogP contribution < -0.4 is 5.32 Å². The molecule has 0 fully saturated rings. The lowest BCUT2D eigenvalue weighted by Crippen LogP contribution is -2.07. The number of nitrogens with zero attached hydrogens (tertiary/aromatic N) is 3. The second-order valence-corrected chi connectivity index (χ2v) is 4.27. The number of methoxy groups -OCH3 is 1. The van der Waals surface area contributed by atoms with E-state index < -0.39 is 5.97 Å². The topological polar surface area (TPSA) is 89.3 Å². The Bertz CT molecular complexity index is 609. The maximum atomic E-state index is 11.3. The average Bonchev–Trinajstić information content (AvgIpc) is 2.83. The third-order valence-corrected chi connectivity index (χ3v) is 2.79. The van der Waals surface area contributed by atoms with Gasteiger partial charge in [0, 0.05) is 19.5 Å². The van der Waals surface area contributed by atoms with E-state index >= 15 is 0 Å². The molecule has 2 rings (SSSR count). The van der Waals surface area contributed by atoms with Crippen LogP contribution >= 0.6 is 0 Å². The second kappa shape index (κ2) is 6.16. The van der Waals surface area contributed by atoms with E-state index in [1.54, 1.807) is 43.4 Å². The molecule has 0 spiro atoms. The molecule has 0 aliphatic rings. The van der Waals surface area contributed by atoms with Crippen molar-refractivity contribution >= 4 is 17.5 Å². The molecule has 0 unspecified atom stereocenters. The lowest BCUT2D eigenvalue weighted by molar-refractivity contribution is 0.0697. The van der Waals surface area contributed by atoms with Crippen molar-refractivity contribution in [2.24, 2.45) is 0 Å². The van der Waals surface area contributed by atoms with Gasteiger partial charge in [-0.2, -0.15) is 5.10 Å². The van der Waals surface area contributed by atoms with Gasteiger partial charge in [-0.15, -0.1) is 0 Å². The third-order valence-electron chi connectivity index (χ3n) is 2.79. The molecule has 7 nitrogen and oxygen atoms in total. The van der Waals surface area contributed by atoms with Crippen LogP contribution in [0.2, 0.25) is 0 Å². The number of nitrogens with one attached hydrogen (secondary N) is 1. The van der Waals surface area contributed by atoms with Gasteiger partial charge in [0.1, 0.15) is 11.4 Å². The number of aryl methyl sites for hydroxylation is 1. The van der Waals surface area contributed by atoms with Crippen LogP contribution in [0.3, 0.4) is 0 Å². The fourth-order valence-corrected chi connectivity index (χ4v) is 1.79. The minimum absolute atomic E-state index is 0.164. The number of hydrogen-bond acceptors (Lipinski definition) is 5. The first-order valence-electron chi connectivity index (χ1n) is 6.09. The van der Waals surface area contributed by atoms with Crippen LogP contribution in [-0.4, -0.2) is 39.6 Å². The Kier molecular flexibility index (Phi) is 4.31. The van der Waals surface area contributed by atoms with Gasteiger partial charge in [-0.05, 0) is 18.6 Å². The summed E-state index contributed by atoms with van der Waals surface area (Å²) in [6, 6.07) is 1.66. The van der Waals surface area contributed by atoms with E-state index in [-0.39, 0.29) is 5.56 Å². The molecule has 0 aliphatic heterocycles. The van der Waals surface area contributed by atoms with Crippen LogP contribution in [-0.2, 0) is 11.3 Å². The zero-order valence-corrected chi connectivity index (χ0v) is 11.3. The normalized spacial score (nSPS) is 10.5. The van der Waals surface area contributed by atoms with Crippen molar-refractivity contribution in [1.82, 2.24) is 14.8 Å². The van der Waals surface area contributed by atoms with Crippen molar-refractivity contribution < 1.29 is 14.6 Å². The van der Waals surface area contributed by atoms with E-state index in [2.05, 4.69) is 15.4 Å². The fourth-order valence-electron chi connectivity index (χ4n) is 1.79. The molecule has 0 amide bonds. The molecule has 2 aromatic heterocycles. The van der Waals surface area contributed by atoms with Gasteiger partial charge >= 0.3 is 5.97 Å². The molecule has 0 saturated carbocycles. The highest BCUT2D eigenvalue weighted by Gasteiger charge is 2.14. The number of rotatable bonds is 6. The maximum absolute atomic E-state index is 11.3. The number of carboxylic acids is 1. The van der Waals surface area contributed by atoms with Crippen molar-refractivity contribution in [3.63, 3.8) is 0 Å². The van der Waals surface area contributed by atoms with Gasteiger partial charge < -0.3 is 15.2 Å². The average molecular weight is 276 g/mol. The van der Waals surface area contributed by atoms with Gasteiger partial charge in [0.15, 0.2) is 0 Å². The predicted octanol–water partition coefficient (Wildman–Crippen LogP) is 1.67. The number of ether oxygens (including phenoxy) is 1. The number of aromatic carboxylic acids is 1. The third kappa shape index (κ3) is 3.12. The number of aromatic nitrogens is 3. The fraction of sp³-hybridized carbons (Fsp3) is 0.308. The SMILES string of the molecule is COCCn1cc(Nc2nccc(C)c2C(=O)O)cn1. The predicted molar refractivity (Wildman–Crippen MR) is 73.3 cm³/mol. The summed E-state index contributed by atoms with van der Waals surface area (Å²) in [5.74, 6) is -0.700. The van der Waals surface area contributed by atoms with E-state index in [0.717, 1.165) is 0 Å². The Hall–Kier alpha value is -2.41. The Morgan fingerprint density at radius 1 is 1.55 bits per heavy atom. The van der Waals surface area contributed by atoms with Crippen molar-refractivity contribution in [2.45, 2.75) is 13.5 Å². The molecular weight excluding hydrogens is 260 g/mol. The number of carbonyl (C=O) groups is 1. The van der Waals surface area contributed by atoms with Crippen LogP contribution in [0.15, 0.2) is 24.7 Å². The molecule has 7 heteroatoms. The summed E-state index contributed by atoms with van der Waals surface area (Å²) in [6.45, 7) is 2.92. The molecular formula is C13H16N4O3. The van der Waals surface area contributed by atoms with Gasteiger partial charge in [0.05, 0.1) is 25.0 Å². The van der Waals surface area contributed by atoms with Gasteiger partial charge in [-0.25, -0.2) is 9.78 Å². The summed E-state index contributed by atoms with van der Waals surface area (Å²) in [7, 11) is 1.62. The van der Waals surface area contributed by atoms with Gasteiger partial charge in [-0.1, -0.05) is 0 Å². The molecule has 2 aromatic rings. The summed E-state index contributed by atoms with van der Waals surface area (Å²) in [6.07, 6.45) is 4.96. The molecule has 106 valence electrons. The molecule has 0 aromatic carbocycles. The van der Waals surface area contributed by atoms with E-state index in [9.17, 15) is 9.90 Å². The van der Waals surface area contributed by atoms with Crippen LogP contribution in [0.5, 0.6) is 0 Å². The zero-order chi connectivity index (χ0) is 14.5. The largest absolute Gasteiger partial charge is 0.478 e. The van der Waals surface area contributed by atoms with Crippen molar-refractivity contribution in [3.05, 3.63) is 35.8 Å². The van der Waals surface area contributed by atoms with E-state index in [0.29, 0.717) is 30.2 Å². The highest BCUT2D eigenvalue weighted by atomic mass is 16.5. The Balaban J connectivity index is 2.20. The number of carboxylic acid groups (broad SMARTS) is 1. The molecule has 0 radical (unpaired) electrons. The van der Waals surface area contributed by atoms with Gasteiger partial charge in [0.2, 0.25) is 0 Å². The molecule has 0 atom stereocenters. The van der Waals surface area contributed by atoms with Crippen LogP contribution in [0, 0.1) is 6.92 Å². The Labute approximate surface area is 116 Å². The standard InChI is InChI=1S/C13H16N4O3/c1-9-3-4-14-12(11(9)13(18)19)16-10-7-15-17(8-10)5-6-20-2/h3-4,7-8H,5-6H2,1-2H3,(H,14,16)(H,18,19). The quantitative estimate of drug-likeness (QED) is 0.834. The number of pyridine rings is 1. The van der Waals surface area contributed by atoms with E-state index in [1.807, 2.05) is 0 Å². The lowest BCUT2D eigenvalue weighted by Gasteiger charge is -2.08. The lowest BCUT2D eigenvalue weighted by atomic mass is 10.1. The van der Waals surface area contributed by atoms with Crippen molar-refractivity contribution in [3.8, 4) is 0 Å². The summed E-state index contributed by atoms with van der Waals surface area (Å²) in [5.41, 5.74) is 1.50. The summed E-state index contributed by atoms with van der Waals surface area (Å²) in [4.78, 5) is 15.3. The molecule has 0 aliphatic carbocycles. The minimum Gasteiger partial charge on any atom is -0.478 e. The first-order valence-corrected chi connectivity index (χ1v) is 6.09. The summed E-state index contributed by atoms with van der Waals surface area (Å²) in [5, 5.41) is 16.3. The molecule has 2 N–H and O–H groups in total. The molecule has 2 heterocycles. The van der Waals surface area contributed by atoms with Crippen molar-refractivity contribution in [2.75, 3.05) is 19.0 Å². The summed E-state index contributed by atoms with van der Waals surface area (Å²) >= 11 is 0. The van der Waals surface area contributed by atoms with Crippen LogP contribution in [0.1, 0.15) is 15.9 Å². The van der Waals surface area contributed by atoms with Gasteiger partial charge in [-0.3, -0.25) is 4.68 Å². The smallest absolute Gasteiger partial charge is 0.339 e. The highest BCUT2D eigenvalue weighted by molar-refractivity contribution is 5.95. The Morgan fingerprint density at radius 3 is 3.05 bits per heavy atom. The minimum atomic E-state index is -1.01. The maximum Gasteiger partial charge on any atom is 0.339 e. The van der Waals surface area contributed by atoms with E-state index in [4.69, 9.17) is 4.74 Å². The van der Waals surface area contributed by atoms with Crippen LogP contribution in [0.4, 0.5) is 11.5 Å². The highest BCUT2D eigenvalue weighted by Crippen LogP contribution is 2.20. The molecule has 0 bridgehead atoms. The number of hydrogen-bond donors (Lipinski definition) is 2. The van der Waals surface area contributed by atoms with E-state index in [1.165, 1.54) is 0 Å². The molecule has 20 heavy (non-hydrogen) atoms. The first kappa shape index (κ1) is 14.0. The van der Waals surface area contributed by atoms with Crippen molar-refractivity contribution in [1.29, 1.82) is 0 Å². The first-order chi connectivity index (χ1) is 9.61. The summed E-state index contributed by atoms with van der Waals surface area (Å²) < 4.78 is 6.68. The number of anilines is 2. The zero-order valence-electron chi connectivity index (χ0n) is 11.3. The van der Waals surface area contributed by atoms with Gasteiger partial charge in [0.25, 0.3) is 0 Å². The Morgan fingerprint density at radius 2 is 2.35 bits per heavy atom. The van der Waals surface area contributed by atoms with Crippen LogP contribution in [0.25, 0.3) is 0 Å². The molecule has 0 saturated heterocycles.